The summed E-state index contributed by atoms with van der Waals surface area (Å²) >= 11 is 0. The standard InChI is InChI=1S/C25H34N4O2/c1-20-6-5-7-21(16-20)18-27-12-14-28(15-13-27)25(30)26-17-22-10-11-29(19-22)23-8-3-4-9-24(23)31-2/h3-9,16,22H,10-15,17-19H2,1-2H3,(H,26,30). The van der Waals surface area contributed by atoms with Crippen molar-refractivity contribution < 1.29 is 9.53 Å². The van der Waals surface area contributed by atoms with Gasteiger partial charge in [-0.3, -0.25) is 4.90 Å². The lowest BCUT2D eigenvalue weighted by Gasteiger charge is -2.35. The Kier molecular flexibility index (Phi) is 6.97. The number of aryl methyl sites for hydroxylation is 1. The van der Waals surface area contributed by atoms with E-state index in [2.05, 4.69) is 52.4 Å². The molecular formula is C25H34N4O2. The van der Waals surface area contributed by atoms with Crippen molar-refractivity contribution in [2.45, 2.75) is 19.9 Å². The van der Waals surface area contributed by atoms with Gasteiger partial charge in [-0.2, -0.15) is 0 Å². The van der Waals surface area contributed by atoms with Gasteiger partial charge in [0.1, 0.15) is 5.75 Å². The van der Waals surface area contributed by atoms with Crippen LogP contribution in [0.15, 0.2) is 48.5 Å². The Morgan fingerprint density at radius 2 is 1.87 bits per heavy atom. The summed E-state index contributed by atoms with van der Waals surface area (Å²) in [6.45, 7) is 9.19. The van der Waals surface area contributed by atoms with Crippen LogP contribution in [0, 0.1) is 12.8 Å². The van der Waals surface area contributed by atoms with E-state index in [9.17, 15) is 4.79 Å². The molecule has 0 radical (unpaired) electrons. The van der Waals surface area contributed by atoms with Crippen LogP contribution in [0.25, 0.3) is 0 Å². The lowest BCUT2D eigenvalue weighted by atomic mass is 10.1. The Bertz CT molecular complexity index is 879. The number of urea groups is 1. The van der Waals surface area contributed by atoms with Crippen molar-refractivity contribution in [3.05, 3.63) is 59.7 Å². The SMILES string of the molecule is COc1ccccc1N1CCC(CNC(=O)N2CCN(Cc3cccc(C)c3)CC2)C1. The lowest BCUT2D eigenvalue weighted by Crippen LogP contribution is -2.52. The third-order valence-corrected chi connectivity index (χ3v) is 6.40. The number of carbonyl (C=O) groups is 1. The maximum atomic E-state index is 12.7. The molecule has 2 aliphatic heterocycles. The number of nitrogens with zero attached hydrogens (tertiary/aromatic N) is 3. The van der Waals surface area contributed by atoms with E-state index in [1.165, 1.54) is 11.1 Å². The molecule has 6 nitrogen and oxygen atoms in total. The Morgan fingerprint density at radius 3 is 2.65 bits per heavy atom. The number of anilines is 1. The largest absolute Gasteiger partial charge is 0.495 e. The molecule has 2 aromatic carbocycles. The van der Waals surface area contributed by atoms with Crippen molar-refractivity contribution in [2.75, 3.05) is 57.8 Å². The number of hydrogen-bond donors (Lipinski definition) is 1. The fourth-order valence-electron chi connectivity index (χ4n) is 4.63. The molecule has 1 atom stereocenters. The van der Waals surface area contributed by atoms with Gasteiger partial charge in [0.2, 0.25) is 0 Å². The molecule has 0 saturated carbocycles. The monoisotopic (exact) mass is 422 g/mol. The summed E-state index contributed by atoms with van der Waals surface area (Å²) in [5.41, 5.74) is 3.79. The highest BCUT2D eigenvalue weighted by Crippen LogP contribution is 2.31. The van der Waals surface area contributed by atoms with Gasteiger partial charge in [0.15, 0.2) is 0 Å². The van der Waals surface area contributed by atoms with Crippen molar-refractivity contribution in [3.63, 3.8) is 0 Å². The lowest BCUT2D eigenvalue weighted by molar-refractivity contribution is 0.134. The van der Waals surface area contributed by atoms with Gasteiger partial charge < -0.3 is 19.9 Å². The number of hydrogen-bond acceptors (Lipinski definition) is 4. The van der Waals surface area contributed by atoms with E-state index in [1.54, 1.807) is 7.11 Å². The molecule has 31 heavy (non-hydrogen) atoms. The van der Waals surface area contributed by atoms with Crippen LogP contribution in [0.4, 0.5) is 10.5 Å². The van der Waals surface area contributed by atoms with Gasteiger partial charge in [-0.25, -0.2) is 4.79 Å². The molecule has 6 heteroatoms. The van der Waals surface area contributed by atoms with Gasteiger partial charge in [-0.15, -0.1) is 0 Å². The molecule has 2 aromatic rings. The minimum atomic E-state index is 0.0750. The fraction of sp³-hybridized carbons (Fsp3) is 0.480. The normalized spacial score (nSPS) is 19.5. The molecule has 0 aromatic heterocycles. The first-order chi connectivity index (χ1) is 15.1. The zero-order chi connectivity index (χ0) is 21.6. The number of para-hydroxylation sites is 2. The van der Waals surface area contributed by atoms with Gasteiger partial charge in [-0.1, -0.05) is 42.0 Å². The average Bonchev–Trinajstić information content (AvgIpc) is 3.27. The molecule has 166 valence electrons. The van der Waals surface area contributed by atoms with Crippen LogP contribution in [0.2, 0.25) is 0 Å². The van der Waals surface area contributed by atoms with Crippen molar-refractivity contribution in [3.8, 4) is 5.75 Å². The van der Waals surface area contributed by atoms with Gasteiger partial charge in [0.05, 0.1) is 12.8 Å². The quantitative estimate of drug-likeness (QED) is 0.776. The Labute approximate surface area is 185 Å². The number of methoxy groups -OCH3 is 1. The smallest absolute Gasteiger partial charge is 0.317 e. The topological polar surface area (TPSA) is 48.1 Å². The average molecular weight is 423 g/mol. The van der Waals surface area contributed by atoms with Gasteiger partial charge >= 0.3 is 6.03 Å². The number of piperazine rings is 1. The van der Waals surface area contributed by atoms with Gasteiger partial charge in [-0.05, 0) is 37.0 Å². The summed E-state index contributed by atoms with van der Waals surface area (Å²) < 4.78 is 5.50. The Balaban J connectivity index is 1.19. The van der Waals surface area contributed by atoms with E-state index in [1.807, 2.05) is 23.1 Å². The third-order valence-electron chi connectivity index (χ3n) is 6.40. The summed E-state index contributed by atoms with van der Waals surface area (Å²) in [7, 11) is 1.72. The van der Waals surface area contributed by atoms with Crippen LogP contribution in [0.1, 0.15) is 17.5 Å². The van der Waals surface area contributed by atoms with Crippen LogP contribution in [-0.4, -0.2) is 68.8 Å². The first-order valence-electron chi connectivity index (χ1n) is 11.3. The van der Waals surface area contributed by atoms with Crippen LogP contribution >= 0.6 is 0 Å². The van der Waals surface area contributed by atoms with E-state index >= 15 is 0 Å². The molecule has 1 N–H and O–H groups in total. The van der Waals surface area contributed by atoms with Crippen molar-refractivity contribution >= 4 is 11.7 Å². The minimum absolute atomic E-state index is 0.0750. The summed E-state index contributed by atoms with van der Waals surface area (Å²) in [5, 5.41) is 3.18. The highest BCUT2D eigenvalue weighted by atomic mass is 16.5. The predicted molar refractivity (Wildman–Crippen MR) is 125 cm³/mol. The molecular weight excluding hydrogens is 388 g/mol. The van der Waals surface area contributed by atoms with E-state index in [0.717, 1.165) is 70.2 Å². The zero-order valence-corrected chi connectivity index (χ0v) is 18.7. The Morgan fingerprint density at radius 1 is 1.06 bits per heavy atom. The van der Waals surface area contributed by atoms with Gasteiger partial charge in [0, 0.05) is 52.4 Å². The number of carbonyl (C=O) groups excluding carboxylic acids is 1. The number of benzene rings is 2. The molecule has 4 rings (SSSR count). The summed E-state index contributed by atoms with van der Waals surface area (Å²) in [5.74, 6) is 1.38. The second-order valence-corrected chi connectivity index (χ2v) is 8.71. The van der Waals surface area contributed by atoms with E-state index in [-0.39, 0.29) is 6.03 Å². The number of nitrogens with one attached hydrogen (secondary N) is 1. The number of amides is 2. The zero-order valence-electron chi connectivity index (χ0n) is 18.7. The number of ether oxygens (including phenoxy) is 1. The second-order valence-electron chi connectivity index (χ2n) is 8.71. The maximum Gasteiger partial charge on any atom is 0.317 e. The van der Waals surface area contributed by atoms with E-state index in [0.29, 0.717) is 5.92 Å². The molecule has 1 unspecified atom stereocenters. The first-order valence-corrected chi connectivity index (χ1v) is 11.3. The molecule has 2 heterocycles. The molecule has 2 aliphatic rings. The van der Waals surface area contributed by atoms with Crippen LogP contribution in [-0.2, 0) is 6.54 Å². The van der Waals surface area contributed by atoms with Crippen LogP contribution < -0.4 is 15.0 Å². The van der Waals surface area contributed by atoms with Crippen LogP contribution in [0.5, 0.6) is 5.75 Å². The Hall–Kier alpha value is -2.73. The van der Waals surface area contributed by atoms with Crippen molar-refractivity contribution in [1.82, 2.24) is 15.1 Å². The summed E-state index contributed by atoms with van der Waals surface area (Å²) in [6.07, 6.45) is 1.09. The van der Waals surface area contributed by atoms with Gasteiger partial charge in [0.25, 0.3) is 0 Å². The van der Waals surface area contributed by atoms with Crippen LogP contribution in [0.3, 0.4) is 0 Å². The highest BCUT2D eigenvalue weighted by molar-refractivity contribution is 5.74. The number of rotatable bonds is 6. The third kappa shape index (κ3) is 5.50. The van der Waals surface area contributed by atoms with E-state index in [4.69, 9.17) is 4.74 Å². The molecule has 2 fully saturated rings. The minimum Gasteiger partial charge on any atom is -0.495 e. The molecule has 2 amide bonds. The molecule has 0 bridgehead atoms. The van der Waals surface area contributed by atoms with Crippen molar-refractivity contribution in [2.24, 2.45) is 5.92 Å². The molecule has 2 saturated heterocycles. The molecule has 0 spiro atoms. The molecule has 0 aliphatic carbocycles. The highest BCUT2D eigenvalue weighted by Gasteiger charge is 2.26. The predicted octanol–water partition coefficient (Wildman–Crippen LogP) is 3.36. The first kappa shape index (κ1) is 21.5. The second kappa shape index (κ2) is 10.1. The maximum absolute atomic E-state index is 12.7. The fourth-order valence-corrected chi connectivity index (χ4v) is 4.63. The van der Waals surface area contributed by atoms with Crippen molar-refractivity contribution in [1.29, 1.82) is 0 Å². The summed E-state index contributed by atoms with van der Waals surface area (Å²) in [6, 6.07) is 16.9. The van der Waals surface area contributed by atoms with E-state index < -0.39 is 0 Å². The summed E-state index contributed by atoms with van der Waals surface area (Å²) in [4.78, 5) is 19.4.